The molecule has 6 nitrogen and oxygen atoms in total. The zero-order chi connectivity index (χ0) is 22.0. The fourth-order valence-electron chi connectivity index (χ4n) is 4.27. The van der Waals surface area contributed by atoms with Gasteiger partial charge in [-0.3, -0.25) is 4.98 Å². The summed E-state index contributed by atoms with van der Waals surface area (Å²) in [5.74, 6) is 0. The van der Waals surface area contributed by atoms with E-state index in [1.54, 1.807) is 4.31 Å². The quantitative estimate of drug-likeness (QED) is 0.594. The standard InChI is InChI=1S/C24H30N4O2S/c1-4-26-23-6-5-18(13-17(23)2)20-14-19-7-10-25-16-22(19)24(15-20)27-21-8-11-28(12-9-21)31(3,29)30/h5-7,10,13-16,21,26-27H,4,8-9,11-12H2,1-3H3. The lowest BCUT2D eigenvalue weighted by Gasteiger charge is -2.31. The first kappa shape index (κ1) is 21.6. The van der Waals surface area contributed by atoms with E-state index in [2.05, 4.69) is 59.8 Å². The first-order chi connectivity index (χ1) is 14.8. The van der Waals surface area contributed by atoms with Gasteiger partial charge in [0.05, 0.1) is 6.26 Å². The molecule has 0 radical (unpaired) electrons. The topological polar surface area (TPSA) is 74.3 Å². The monoisotopic (exact) mass is 438 g/mol. The van der Waals surface area contributed by atoms with Crippen LogP contribution in [0.25, 0.3) is 21.9 Å². The Hall–Kier alpha value is -2.64. The van der Waals surface area contributed by atoms with E-state index < -0.39 is 10.0 Å². The number of pyridine rings is 1. The van der Waals surface area contributed by atoms with Gasteiger partial charge in [0.25, 0.3) is 0 Å². The van der Waals surface area contributed by atoms with Crippen molar-refractivity contribution in [2.45, 2.75) is 32.7 Å². The molecule has 0 saturated carbocycles. The zero-order valence-electron chi connectivity index (χ0n) is 18.4. The second-order valence-corrected chi connectivity index (χ2v) is 10.2. The average molecular weight is 439 g/mol. The maximum Gasteiger partial charge on any atom is 0.211 e. The van der Waals surface area contributed by atoms with E-state index in [-0.39, 0.29) is 6.04 Å². The van der Waals surface area contributed by atoms with Gasteiger partial charge in [-0.1, -0.05) is 6.07 Å². The number of fused-ring (bicyclic) bond motifs is 1. The van der Waals surface area contributed by atoms with Crippen LogP contribution >= 0.6 is 0 Å². The Morgan fingerprint density at radius 1 is 1.06 bits per heavy atom. The van der Waals surface area contributed by atoms with E-state index >= 15 is 0 Å². The summed E-state index contributed by atoms with van der Waals surface area (Å²) in [5.41, 5.74) is 5.75. The van der Waals surface area contributed by atoms with Crippen molar-refractivity contribution < 1.29 is 8.42 Å². The number of anilines is 2. The second-order valence-electron chi connectivity index (χ2n) is 8.26. The van der Waals surface area contributed by atoms with Gasteiger partial charge >= 0.3 is 0 Å². The van der Waals surface area contributed by atoms with Crippen LogP contribution in [0.15, 0.2) is 48.8 Å². The van der Waals surface area contributed by atoms with Crippen LogP contribution in [0.5, 0.6) is 0 Å². The Morgan fingerprint density at radius 2 is 1.84 bits per heavy atom. The summed E-state index contributed by atoms with van der Waals surface area (Å²) < 4.78 is 25.2. The van der Waals surface area contributed by atoms with Gasteiger partial charge in [-0.2, -0.15) is 0 Å². The third-order valence-electron chi connectivity index (χ3n) is 5.97. The molecule has 0 atom stereocenters. The number of sulfonamides is 1. The van der Waals surface area contributed by atoms with Gasteiger partial charge in [-0.05, 0) is 79.1 Å². The predicted octanol–water partition coefficient (Wildman–Crippen LogP) is 4.48. The van der Waals surface area contributed by atoms with E-state index in [0.717, 1.165) is 47.1 Å². The number of piperidine rings is 1. The van der Waals surface area contributed by atoms with Gasteiger partial charge in [0.15, 0.2) is 0 Å². The lowest BCUT2D eigenvalue weighted by molar-refractivity contribution is 0.332. The summed E-state index contributed by atoms with van der Waals surface area (Å²) in [6.45, 7) is 6.23. The minimum Gasteiger partial charge on any atom is -0.385 e. The second kappa shape index (κ2) is 8.85. The molecule has 1 fully saturated rings. The van der Waals surface area contributed by atoms with E-state index in [4.69, 9.17) is 0 Å². The van der Waals surface area contributed by atoms with Crippen molar-refractivity contribution in [3.8, 4) is 11.1 Å². The molecule has 3 aromatic rings. The fraction of sp³-hybridized carbons (Fsp3) is 0.375. The molecule has 0 aliphatic carbocycles. The summed E-state index contributed by atoms with van der Waals surface area (Å²) in [6, 6.07) is 13.2. The third kappa shape index (κ3) is 4.83. The molecule has 1 aromatic heterocycles. The van der Waals surface area contributed by atoms with E-state index in [1.807, 2.05) is 18.5 Å². The van der Waals surface area contributed by atoms with Gasteiger partial charge < -0.3 is 10.6 Å². The van der Waals surface area contributed by atoms with Crippen molar-refractivity contribution in [1.29, 1.82) is 0 Å². The molecule has 2 heterocycles. The molecular weight excluding hydrogens is 408 g/mol. The smallest absolute Gasteiger partial charge is 0.211 e. The number of nitrogens with one attached hydrogen (secondary N) is 2. The minimum atomic E-state index is -3.12. The molecule has 1 aliphatic rings. The van der Waals surface area contributed by atoms with Crippen molar-refractivity contribution in [3.05, 3.63) is 54.4 Å². The highest BCUT2D eigenvalue weighted by Gasteiger charge is 2.25. The predicted molar refractivity (Wildman–Crippen MR) is 129 cm³/mol. The highest BCUT2D eigenvalue weighted by molar-refractivity contribution is 7.88. The molecule has 0 unspecified atom stereocenters. The maximum atomic E-state index is 11.8. The van der Waals surface area contributed by atoms with Crippen LogP contribution in [0.1, 0.15) is 25.3 Å². The van der Waals surface area contributed by atoms with Crippen molar-refractivity contribution in [3.63, 3.8) is 0 Å². The lowest BCUT2D eigenvalue weighted by Crippen LogP contribution is -2.41. The van der Waals surface area contributed by atoms with Crippen LogP contribution in [0.3, 0.4) is 0 Å². The highest BCUT2D eigenvalue weighted by atomic mass is 32.2. The van der Waals surface area contributed by atoms with E-state index in [9.17, 15) is 8.42 Å². The van der Waals surface area contributed by atoms with Gasteiger partial charge in [-0.15, -0.1) is 0 Å². The van der Waals surface area contributed by atoms with Gasteiger partial charge in [0.2, 0.25) is 10.0 Å². The van der Waals surface area contributed by atoms with Crippen LogP contribution in [-0.2, 0) is 10.0 Å². The molecule has 2 N–H and O–H groups in total. The van der Waals surface area contributed by atoms with Crippen molar-refractivity contribution in [2.24, 2.45) is 0 Å². The fourth-order valence-corrected chi connectivity index (χ4v) is 5.14. The molecule has 0 spiro atoms. The summed E-state index contributed by atoms with van der Waals surface area (Å²) in [4.78, 5) is 4.32. The van der Waals surface area contributed by atoms with Crippen LogP contribution in [0.4, 0.5) is 11.4 Å². The normalized spacial score (nSPS) is 15.8. The summed E-state index contributed by atoms with van der Waals surface area (Å²) in [5, 5.41) is 9.29. The van der Waals surface area contributed by atoms with Crippen LogP contribution in [0, 0.1) is 6.92 Å². The number of hydrogen-bond donors (Lipinski definition) is 2. The van der Waals surface area contributed by atoms with Crippen molar-refractivity contribution in [2.75, 3.05) is 36.5 Å². The number of aromatic nitrogens is 1. The Morgan fingerprint density at radius 3 is 2.52 bits per heavy atom. The Balaban J connectivity index is 1.64. The number of hydrogen-bond acceptors (Lipinski definition) is 5. The SMILES string of the molecule is CCNc1ccc(-c2cc(NC3CCN(S(C)(=O)=O)CC3)c3cnccc3c2)cc1C. The Bertz CT molecular complexity index is 1190. The molecule has 31 heavy (non-hydrogen) atoms. The first-order valence-electron chi connectivity index (χ1n) is 10.8. The van der Waals surface area contributed by atoms with E-state index in [1.165, 1.54) is 17.4 Å². The highest BCUT2D eigenvalue weighted by Crippen LogP contribution is 2.33. The molecule has 164 valence electrons. The Kier molecular flexibility index (Phi) is 6.16. The third-order valence-corrected chi connectivity index (χ3v) is 7.27. The van der Waals surface area contributed by atoms with Gasteiger partial charge in [-0.25, -0.2) is 12.7 Å². The number of aryl methyl sites for hydroxylation is 1. The van der Waals surface area contributed by atoms with Gasteiger partial charge in [0, 0.05) is 54.8 Å². The molecule has 0 bridgehead atoms. The number of benzene rings is 2. The summed E-state index contributed by atoms with van der Waals surface area (Å²) in [6.07, 6.45) is 6.57. The van der Waals surface area contributed by atoms with Gasteiger partial charge in [0.1, 0.15) is 0 Å². The first-order valence-corrected chi connectivity index (χ1v) is 12.6. The van der Waals surface area contributed by atoms with Crippen molar-refractivity contribution in [1.82, 2.24) is 9.29 Å². The molecule has 1 saturated heterocycles. The molecule has 1 aliphatic heterocycles. The minimum absolute atomic E-state index is 0.231. The van der Waals surface area contributed by atoms with Crippen LogP contribution in [0.2, 0.25) is 0 Å². The van der Waals surface area contributed by atoms with Crippen LogP contribution in [-0.4, -0.2) is 49.6 Å². The molecular formula is C24H30N4O2S. The molecule has 0 amide bonds. The molecule has 2 aromatic carbocycles. The zero-order valence-corrected chi connectivity index (χ0v) is 19.2. The average Bonchev–Trinajstić information content (AvgIpc) is 2.75. The van der Waals surface area contributed by atoms with Crippen LogP contribution < -0.4 is 10.6 Å². The van der Waals surface area contributed by atoms with E-state index in [0.29, 0.717) is 13.1 Å². The lowest BCUT2D eigenvalue weighted by atomic mass is 9.97. The largest absolute Gasteiger partial charge is 0.385 e. The molecule has 4 rings (SSSR count). The van der Waals surface area contributed by atoms with Crippen molar-refractivity contribution >= 4 is 32.2 Å². The maximum absolute atomic E-state index is 11.8. The number of rotatable bonds is 6. The summed E-state index contributed by atoms with van der Waals surface area (Å²) in [7, 11) is -3.12. The number of nitrogens with zero attached hydrogens (tertiary/aromatic N) is 2. The molecule has 7 heteroatoms. The summed E-state index contributed by atoms with van der Waals surface area (Å²) >= 11 is 0. The Labute approximate surface area is 184 Å².